The Kier molecular flexibility index (Phi) is 4.38. The van der Waals surface area contributed by atoms with Crippen LogP contribution < -0.4 is 9.64 Å². The van der Waals surface area contributed by atoms with Crippen LogP contribution in [-0.4, -0.2) is 48.6 Å². The van der Waals surface area contributed by atoms with Gasteiger partial charge >= 0.3 is 0 Å². The molecule has 1 saturated heterocycles. The molecule has 1 aliphatic rings. The number of morpholine rings is 1. The largest absolute Gasteiger partial charge is 0.478 e. The number of anilines is 1. The highest BCUT2D eigenvalue weighted by atomic mass is 16.5. The molecule has 100 valence electrons. The Bertz CT molecular complexity index is 386. The summed E-state index contributed by atoms with van der Waals surface area (Å²) in [6, 6.07) is 5.73. The van der Waals surface area contributed by atoms with E-state index in [1.807, 2.05) is 32.0 Å². The Labute approximate surface area is 107 Å². The van der Waals surface area contributed by atoms with Crippen molar-refractivity contribution in [3.8, 4) is 5.88 Å². The summed E-state index contributed by atoms with van der Waals surface area (Å²) in [4.78, 5) is 6.58. The second kappa shape index (κ2) is 6.02. The molecule has 1 aromatic rings. The van der Waals surface area contributed by atoms with Gasteiger partial charge in [-0.05, 0) is 19.9 Å². The van der Waals surface area contributed by atoms with Crippen molar-refractivity contribution in [2.45, 2.75) is 26.1 Å². The first-order valence-corrected chi connectivity index (χ1v) is 6.34. The Morgan fingerprint density at radius 1 is 1.50 bits per heavy atom. The molecule has 0 bridgehead atoms. The van der Waals surface area contributed by atoms with Crippen LogP contribution in [0.4, 0.5) is 5.82 Å². The molecule has 5 nitrogen and oxygen atoms in total. The van der Waals surface area contributed by atoms with Crippen LogP contribution in [0, 0.1) is 0 Å². The molecular weight excluding hydrogens is 232 g/mol. The minimum atomic E-state index is -0.147. The molecule has 1 N–H and O–H groups in total. The second-order valence-corrected chi connectivity index (χ2v) is 4.42. The van der Waals surface area contributed by atoms with E-state index < -0.39 is 0 Å². The van der Waals surface area contributed by atoms with E-state index >= 15 is 0 Å². The first kappa shape index (κ1) is 13.1. The lowest BCUT2D eigenvalue weighted by molar-refractivity contribution is -0.0423. The number of aliphatic hydroxyl groups is 1. The maximum atomic E-state index is 9.22. The van der Waals surface area contributed by atoms with E-state index in [4.69, 9.17) is 9.47 Å². The van der Waals surface area contributed by atoms with E-state index in [9.17, 15) is 5.11 Å². The molecule has 1 aliphatic heterocycles. The Morgan fingerprint density at radius 2 is 2.33 bits per heavy atom. The topological polar surface area (TPSA) is 54.8 Å². The lowest BCUT2D eigenvalue weighted by atomic mass is 10.2. The maximum absolute atomic E-state index is 9.22. The van der Waals surface area contributed by atoms with E-state index in [2.05, 4.69) is 9.88 Å². The monoisotopic (exact) mass is 252 g/mol. The van der Waals surface area contributed by atoms with Crippen molar-refractivity contribution in [1.82, 2.24) is 4.98 Å². The summed E-state index contributed by atoms with van der Waals surface area (Å²) in [7, 11) is 0. The van der Waals surface area contributed by atoms with E-state index in [1.165, 1.54) is 0 Å². The normalized spacial score (nSPS) is 24.1. The predicted octanol–water partition coefficient (Wildman–Crippen LogP) is 1.07. The molecule has 2 atom stereocenters. The molecule has 0 radical (unpaired) electrons. The highest BCUT2D eigenvalue weighted by molar-refractivity contribution is 5.41. The van der Waals surface area contributed by atoms with Crippen LogP contribution in [0.5, 0.6) is 5.88 Å². The summed E-state index contributed by atoms with van der Waals surface area (Å²) < 4.78 is 11.0. The van der Waals surface area contributed by atoms with Crippen LogP contribution in [0.1, 0.15) is 13.8 Å². The summed E-state index contributed by atoms with van der Waals surface area (Å²) in [5.41, 5.74) is 0. The molecule has 2 rings (SSSR count). The molecule has 0 aromatic carbocycles. The molecule has 18 heavy (non-hydrogen) atoms. The van der Waals surface area contributed by atoms with Gasteiger partial charge in [0, 0.05) is 19.2 Å². The van der Waals surface area contributed by atoms with Gasteiger partial charge in [-0.25, -0.2) is 0 Å². The van der Waals surface area contributed by atoms with Crippen molar-refractivity contribution in [1.29, 1.82) is 0 Å². The number of pyridine rings is 1. The van der Waals surface area contributed by atoms with E-state index in [0.717, 1.165) is 12.4 Å². The Balaban J connectivity index is 2.11. The minimum Gasteiger partial charge on any atom is -0.478 e. The number of hydrogen-bond acceptors (Lipinski definition) is 5. The van der Waals surface area contributed by atoms with Crippen molar-refractivity contribution < 1.29 is 14.6 Å². The molecule has 5 heteroatoms. The SMILES string of the molecule is CCOc1cccc(N2CC(C)OC(CO)C2)n1. The lowest BCUT2D eigenvalue weighted by Crippen LogP contribution is -2.48. The third kappa shape index (κ3) is 3.11. The van der Waals surface area contributed by atoms with E-state index in [-0.39, 0.29) is 18.8 Å². The molecule has 2 unspecified atom stereocenters. The van der Waals surface area contributed by atoms with Gasteiger partial charge in [0.05, 0.1) is 25.4 Å². The zero-order chi connectivity index (χ0) is 13.0. The van der Waals surface area contributed by atoms with Gasteiger partial charge in [-0.15, -0.1) is 0 Å². The zero-order valence-corrected chi connectivity index (χ0v) is 10.9. The number of aliphatic hydroxyl groups excluding tert-OH is 1. The summed E-state index contributed by atoms with van der Waals surface area (Å²) in [5, 5.41) is 9.22. The van der Waals surface area contributed by atoms with Crippen molar-refractivity contribution in [3.05, 3.63) is 18.2 Å². The molecule has 0 amide bonds. The van der Waals surface area contributed by atoms with Crippen LogP contribution in [0.2, 0.25) is 0 Å². The molecule has 0 spiro atoms. The van der Waals surface area contributed by atoms with Crippen molar-refractivity contribution >= 4 is 5.82 Å². The smallest absolute Gasteiger partial charge is 0.215 e. The summed E-state index contributed by atoms with van der Waals surface area (Å²) in [6.07, 6.45) is -0.0558. The van der Waals surface area contributed by atoms with Crippen LogP contribution >= 0.6 is 0 Å². The van der Waals surface area contributed by atoms with Crippen LogP contribution in [0.25, 0.3) is 0 Å². The van der Waals surface area contributed by atoms with Gasteiger partial charge in [-0.2, -0.15) is 4.98 Å². The molecule has 0 saturated carbocycles. The van der Waals surface area contributed by atoms with Gasteiger partial charge in [0.15, 0.2) is 0 Å². The highest BCUT2D eigenvalue weighted by Crippen LogP contribution is 2.20. The van der Waals surface area contributed by atoms with Gasteiger partial charge in [-0.1, -0.05) is 6.07 Å². The highest BCUT2D eigenvalue weighted by Gasteiger charge is 2.25. The fourth-order valence-electron chi connectivity index (χ4n) is 2.14. The van der Waals surface area contributed by atoms with Gasteiger partial charge in [0.1, 0.15) is 5.82 Å². The molecule has 1 fully saturated rings. The van der Waals surface area contributed by atoms with Gasteiger partial charge in [-0.3, -0.25) is 0 Å². The first-order valence-electron chi connectivity index (χ1n) is 6.34. The average Bonchev–Trinajstić information content (AvgIpc) is 2.39. The molecule has 2 heterocycles. The number of ether oxygens (including phenoxy) is 2. The van der Waals surface area contributed by atoms with Crippen molar-refractivity contribution in [2.75, 3.05) is 31.2 Å². The third-order valence-electron chi connectivity index (χ3n) is 2.85. The number of hydrogen-bond donors (Lipinski definition) is 1. The number of nitrogens with zero attached hydrogens (tertiary/aromatic N) is 2. The van der Waals surface area contributed by atoms with Gasteiger partial charge in [0.2, 0.25) is 5.88 Å². The van der Waals surface area contributed by atoms with Gasteiger partial charge in [0.25, 0.3) is 0 Å². The average molecular weight is 252 g/mol. The van der Waals surface area contributed by atoms with Crippen LogP contribution in [-0.2, 0) is 4.74 Å². The van der Waals surface area contributed by atoms with Crippen LogP contribution in [0.15, 0.2) is 18.2 Å². The third-order valence-corrected chi connectivity index (χ3v) is 2.85. The number of aromatic nitrogens is 1. The summed E-state index contributed by atoms with van der Waals surface area (Å²) in [5.74, 6) is 1.50. The van der Waals surface area contributed by atoms with E-state index in [1.54, 1.807) is 0 Å². The first-order chi connectivity index (χ1) is 8.72. The minimum absolute atomic E-state index is 0.0337. The Hall–Kier alpha value is -1.33. The summed E-state index contributed by atoms with van der Waals surface area (Å²) in [6.45, 7) is 6.01. The summed E-state index contributed by atoms with van der Waals surface area (Å²) >= 11 is 0. The second-order valence-electron chi connectivity index (χ2n) is 4.42. The fourth-order valence-corrected chi connectivity index (χ4v) is 2.14. The molecular formula is C13H20N2O3. The van der Waals surface area contributed by atoms with Crippen molar-refractivity contribution in [2.24, 2.45) is 0 Å². The lowest BCUT2D eigenvalue weighted by Gasteiger charge is -2.36. The Morgan fingerprint density at radius 3 is 3.06 bits per heavy atom. The predicted molar refractivity (Wildman–Crippen MR) is 69.0 cm³/mol. The maximum Gasteiger partial charge on any atom is 0.215 e. The van der Waals surface area contributed by atoms with Crippen LogP contribution in [0.3, 0.4) is 0 Å². The van der Waals surface area contributed by atoms with E-state index in [0.29, 0.717) is 19.0 Å². The molecule has 1 aromatic heterocycles. The number of rotatable bonds is 4. The molecule has 0 aliphatic carbocycles. The van der Waals surface area contributed by atoms with Crippen molar-refractivity contribution in [3.63, 3.8) is 0 Å². The quantitative estimate of drug-likeness (QED) is 0.868. The standard InChI is InChI=1S/C13H20N2O3/c1-3-17-13-6-4-5-12(14-13)15-7-10(2)18-11(8-15)9-16/h4-6,10-11,16H,3,7-9H2,1-2H3. The zero-order valence-electron chi connectivity index (χ0n) is 10.9. The fraction of sp³-hybridized carbons (Fsp3) is 0.615. The van der Waals surface area contributed by atoms with Gasteiger partial charge < -0.3 is 19.5 Å².